The van der Waals surface area contributed by atoms with Crippen molar-refractivity contribution in [1.82, 2.24) is 10.2 Å². The molecule has 0 spiro atoms. The predicted molar refractivity (Wildman–Crippen MR) is 71.8 cm³/mol. The van der Waals surface area contributed by atoms with E-state index in [0.29, 0.717) is 6.04 Å². The average molecular weight is 226 g/mol. The summed E-state index contributed by atoms with van der Waals surface area (Å²) in [7, 11) is 0. The molecule has 1 atom stereocenters. The quantitative estimate of drug-likeness (QED) is 0.684. The minimum Gasteiger partial charge on any atom is -0.313 e. The fraction of sp³-hybridized carbons (Fsp3) is 1.00. The lowest BCUT2D eigenvalue weighted by molar-refractivity contribution is 0.269. The van der Waals surface area contributed by atoms with Crippen LogP contribution < -0.4 is 5.32 Å². The molecule has 0 bridgehead atoms. The van der Waals surface area contributed by atoms with Gasteiger partial charge in [-0.05, 0) is 38.9 Å². The molecule has 1 N–H and O–H groups in total. The Labute approximate surface area is 102 Å². The first-order valence-corrected chi connectivity index (χ1v) is 7.22. The second-order valence-corrected chi connectivity index (χ2v) is 5.28. The molecule has 96 valence electrons. The Morgan fingerprint density at radius 3 is 2.38 bits per heavy atom. The second kappa shape index (κ2) is 8.08. The number of rotatable bonds is 8. The highest BCUT2D eigenvalue weighted by molar-refractivity contribution is 4.71. The number of nitrogens with one attached hydrogen (secondary N) is 1. The third-order valence-corrected chi connectivity index (χ3v) is 3.95. The van der Waals surface area contributed by atoms with Crippen LogP contribution in [-0.2, 0) is 0 Å². The van der Waals surface area contributed by atoms with Gasteiger partial charge in [0, 0.05) is 12.6 Å². The van der Waals surface area contributed by atoms with E-state index in [2.05, 4.69) is 31.0 Å². The van der Waals surface area contributed by atoms with Crippen molar-refractivity contribution in [1.29, 1.82) is 0 Å². The van der Waals surface area contributed by atoms with E-state index in [4.69, 9.17) is 0 Å². The van der Waals surface area contributed by atoms with Crippen molar-refractivity contribution in [3.8, 4) is 0 Å². The Hall–Kier alpha value is -0.0800. The van der Waals surface area contributed by atoms with Crippen LogP contribution in [0.3, 0.4) is 0 Å². The van der Waals surface area contributed by atoms with Gasteiger partial charge < -0.3 is 10.2 Å². The van der Waals surface area contributed by atoms with Crippen molar-refractivity contribution in [2.75, 3.05) is 26.2 Å². The van der Waals surface area contributed by atoms with E-state index in [1.807, 2.05) is 0 Å². The average Bonchev–Trinajstić information content (AvgIpc) is 2.79. The highest BCUT2D eigenvalue weighted by Crippen LogP contribution is 2.26. The van der Waals surface area contributed by atoms with Gasteiger partial charge in [-0.15, -0.1) is 0 Å². The van der Waals surface area contributed by atoms with Gasteiger partial charge in [0.2, 0.25) is 0 Å². The largest absolute Gasteiger partial charge is 0.313 e. The van der Waals surface area contributed by atoms with Crippen LogP contribution in [0.15, 0.2) is 0 Å². The molecule has 1 aliphatic carbocycles. The molecule has 0 heterocycles. The third kappa shape index (κ3) is 5.31. The summed E-state index contributed by atoms with van der Waals surface area (Å²) in [6.07, 6.45) is 7.29. The Kier molecular flexibility index (Phi) is 7.06. The first-order valence-electron chi connectivity index (χ1n) is 7.22. The van der Waals surface area contributed by atoms with Gasteiger partial charge >= 0.3 is 0 Å². The van der Waals surface area contributed by atoms with Gasteiger partial charge in [-0.3, -0.25) is 0 Å². The summed E-state index contributed by atoms with van der Waals surface area (Å²) in [5.41, 5.74) is 0. The van der Waals surface area contributed by atoms with Crippen LogP contribution in [0.5, 0.6) is 0 Å². The number of hydrogen-bond acceptors (Lipinski definition) is 2. The molecule has 2 heteroatoms. The molecule has 16 heavy (non-hydrogen) atoms. The summed E-state index contributed by atoms with van der Waals surface area (Å²) in [6.45, 7) is 11.6. The van der Waals surface area contributed by atoms with Crippen LogP contribution in [-0.4, -0.2) is 37.1 Å². The van der Waals surface area contributed by atoms with E-state index in [1.54, 1.807) is 0 Å². The summed E-state index contributed by atoms with van der Waals surface area (Å²) in [5, 5.41) is 3.67. The topological polar surface area (TPSA) is 15.3 Å². The van der Waals surface area contributed by atoms with E-state index in [1.165, 1.54) is 58.3 Å². The molecule has 0 aromatic heterocycles. The van der Waals surface area contributed by atoms with Crippen LogP contribution in [0.1, 0.15) is 52.9 Å². The van der Waals surface area contributed by atoms with Crippen molar-refractivity contribution in [2.24, 2.45) is 5.92 Å². The monoisotopic (exact) mass is 226 g/mol. The fourth-order valence-corrected chi connectivity index (χ4v) is 2.77. The zero-order valence-electron chi connectivity index (χ0n) is 11.5. The standard InChI is InChI=1S/C14H30N2/c1-4-16(5-2)12-13(3)15-11-10-14-8-6-7-9-14/h13-15H,4-12H2,1-3H3. The lowest BCUT2D eigenvalue weighted by Crippen LogP contribution is -2.39. The van der Waals surface area contributed by atoms with Crippen molar-refractivity contribution in [3.63, 3.8) is 0 Å². The maximum absolute atomic E-state index is 3.67. The van der Waals surface area contributed by atoms with Crippen molar-refractivity contribution in [3.05, 3.63) is 0 Å². The maximum Gasteiger partial charge on any atom is 0.0166 e. The van der Waals surface area contributed by atoms with Crippen LogP contribution in [0.2, 0.25) is 0 Å². The van der Waals surface area contributed by atoms with Gasteiger partial charge in [0.1, 0.15) is 0 Å². The van der Waals surface area contributed by atoms with Gasteiger partial charge in [-0.2, -0.15) is 0 Å². The van der Waals surface area contributed by atoms with Gasteiger partial charge in [-0.1, -0.05) is 39.5 Å². The lowest BCUT2D eigenvalue weighted by atomic mass is 10.0. The molecule has 0 amide bonds. The van der Waals surface area contributed by atoms with Crippen molar-refractivity contribution in [2.45, 2.75) is 58.9 Å². The molecular formula is C14H30N2. The number of hydrogen-bond donors (Lipinski definition) is 1. The highest BCUT2D eigenvalue weighted by Gasteiger charge is 2.14. The first kappa shape index (κ1) is 14.0. The Bertz CT molecular complexity index is 160. The molecule has 1 aliphatic rings. The minimum atomic E-state index is 0.640. The Morgan fingerprint density at radius 1 is 1.19 bits per heavy atom. The van der Waals surface area contributed by atoms with E-state index >= 15 is 0 Å². The highest BCUT2D eigenvalue weighted by atomic mass is 15.1. The molecule has 0 saturated heterocycles. The Balaban J connectivity index is 2.02. The fourth-order valence-electron chi connectivity index (χ4n) is 2.77. The van der Waals surface area contributed by atoms with Gasteiger partial charge in [0.15, 0.2) is 0 Å². The predicted octanol–water partition coefficient (Wildman–Crippen LogP) is 2.89. The molecule has 0 aliphatic heterocycles. The molecule has 1 rings (SSSR count). The smallest absolute Gasteiger partial charge is 0.0166 e. The minimum absolute atomic E-state index is 0.640. The number of likely N-dealkylation sites (N-methyl/N-ethyl adjacent to an activating group) is 1. The molecule has 1 fully saturated rings. The first-order chi connectivity index (χ1) is 7.76. The summed E-state index contributed by atoms with van der Waals surface area (Å²) in [5.74, 6) is 1.02. The van der Waals surface area contributed by atoms with Gasteiger partial charge in [0.25, 0.3) is 0 Å². The molecule has 0 aromatic carbocycles. The van der Waals surface area contributed by atoms with Crippen LogP contribution >= 0.6 is 0 Å². The molecule has 2 nitrogen and oxygen atoms in total. The zero-order valence-corrected chi connectivity index (χ0v) is 11.5. The van der Waals surface area contributed by atoms with Gasteiger partial charge in [0.05, 0.1) is 0 Å². The van der Waals surface area contributed by atoms with Gasteiger partial charge in [-0.25, -0.2) is 0 Å². The van der Waals surface area contributed by atoms with E-state index < -0.39 is 0 Å². The summed E-state index contributed by atoms with van der Waals surface area (Å²) >= 11 is 0. The molecule has 0 radical (unpaired) electrons. The third-order valence-electron chi connectivity index (χ3n) is 3.95. The van der Waals surface area contributed by atoms with E-state index in [-0.39, 0.29) is 0 Å². The van der Waals surface area contributed by atoms with E-state index in [9.17, 15) is 0 Å². The number of nitrogens with zero attached hydrogens (tertiary/aromatic N) is 1. The SMILES string of the molecule is CCN(CC)CC(C)NCCC1CCCC1. The van der Waals surface area contributed by atoms with Crippen molar-refractivity contribution >= 4 is 0 Å². The van der Waals surface area contributed by atoms with Crippen LogP contribution in [0.4, 0.5) is 0 Å². The Morgan fingerprint density at radius 2 is 1.81 bits per heavy atom. The summed E-state index contributed by atoms with van der Waals surface area (Å²) in [6, 6.07) is 0.640. The molecule has 0 aromatic rings. The van der Waals surface area contributed by atoms with E-state index in [0.717, 1.165) is 5.92 Å². The summed E-state index contributed by atoms with van der Waals surface area (Å²) in [4.78, 5) is 2.49. The van der Waals surface area contributed by atoms with Crippen LogP contribution in [0, 0.1) is 5.92 Å². The normalized spacial score (nSPS) is 19.5. The second-order valence-electron chi connectivity index (χ2n) is 5.28. The zero-order chi connectivity index (χ0) is 11.8. The summed E-state index contributed by atoms with van der Waals surface area (Å²) < 4.78 is 0. The molecule has 1 unspecified atom stereocenters. The molecule has 1 saturated carbocycles. The van der Waals surface area contributed by atoms with Crippen molar-refractivity contribution < 1.29 is 0 Å². The maximum atomic E-state index is 3.67. The molecular weight excluding hydrogens is 196 g/mol. The lowest BCUT2D eigenvalue weighted by Gasteiger charge is -2.24. The van der Waals surface area contributed by atoms with Crippen LogP contribution in [0.25, 0.3) is 0 Å².